The van der Waals surface area contributed by atoms with E-state index in [9.17, 15) is 0 Å². The third-order valence-electron chi connectivity index (χ3n) is 3.21. The lowest BCUT2D eigenvalue weighted by molar-refractivity contribution is 0.247. The van der Waals surface area contributed by atoms with Crippen LogP contribution in [0.2, 0.25) is 0 Å². The Morgan fingerprint density at radius 1 is 0.818 bits per heavy atom. The van der Waals surface area contributed by atoms with Crippen molar-refractivity contribution in [2.45, 2.75) is 6.42 Å². The van der Waals surface area contributed by atoms with Crippen molar-refractivity contribution in [3.05, 3.63) is 73.3 Å². The van der Waals surface area contributed by atoms with Crippen molar-refractivity contribution in [3.8, 4) is 17.2 Å². The first-order chi connectivity index (χ1) is 10.9. The summed E-state index contributed by atoms with van der Waals surface area (Å²) in [6.07, 6.45) is 6.29. The third kappa shape index (κ3) is 3.88. The van der Waals surface area contributed by atoms with E-state index in [1.54, 1.807) is 12.5 Å². The average molecular weight is 294 g/mol. The SMILES string of the molecule is c1ccc(OCCCOc2ccc(-n3ccnc3)cc2)cc1. The normalized spacial score (nSPS) is 10.4. The first-order valence-electron chi connectivity index (χ1n) is 7.31. The summed E-state index contributed by atoms with van der Waals surface area (Å²) in [4.78, 5) is 4.03. The largest absolute Gasteiger partial charge is 0.493 e. The number of rotatable bonds is 7. The van der Waals surface area contributed by atoms with Crippen LogP contribution in [0, 0.1) is 0 Å². The zero-order valence-corrected chi connectivity index (χ0v) is 12.3. The van der Waals surface area contributed by atoms with Crippen molar-refractivity contribution < 1.29 is 9.47 Å². The van der Waals surface area contributed by atoms with Gasteiger partial charge in [-0.1, -0.05) is 18.2 Å². The standard InChI is InChI=1S/C18H18N2O2/c1-2-5-17(6-3-1)21-13-4-14-22-18-9-7-16(8-10-18)20-12-11-19-15-20/h1-3,5-12,15H,4,13-14H2. The van der Waals surface area contributed by atoms with Crippen molar-refractivity contribution in [2.24, 2.45) is 0 Å². The number of hydrogen-bond acceptors (Lipinski definition) is 3. The zero-order chi connectivity index (χ0) is 15.0. The number of hydrogen-bond donors (Lipinski definition) is 0. The number of imidazole rings is 1. The van der Waals surface area contributed by atoms with Gasteiger partial charge in [0.15, 0.2) is 0 Å². The van der Waals surface area contributed by atoms with Crippen molar-refractivity contribution in [1.29, 1.82) is 0 Å². The molecule has 0 bridgehead atoms. The first-order valence-corrected chi connectivity index (χ1v) is 7.31. The van der Waals surface area contributed by atoms with E-state index in [1.165, 1.54) is 0 Å². The maximum absolute atomic E-state index is 5.71. The molecule has 0 unspecified atom stereocenters. The Morgan fingerprint density at radius 3 is 2.14 bits per heavy atom. The topological polar surface area (TPSA) is 36.3 Å². The van der Waals surface area contributed by atoms with Crippen molar-refractivity contribution in [1.82, 2.24) is 9.55 Å². The number of benzene rings is 2. The van der Waals surface area contributed by atoms with Gasteiger partial charge in [0, 0.05) is 24.5 Å². The summed E-state index contributed by atoms with van der Waals surface area (Å²) >= 11 is 0. The minimum Gasteiger partial charge on any atom is -0.493 e. The molecule has 4 heteroatoms. The van der Waals surface area contributed by atoms with Crippen LogP contribution in [0.25, 0.3) is 5.69 Å². The molecule has 3 aromatic rings. The highest BCUT2D eigenvalue weighted by Crippen LogP contribution is 2.15. The Bertz CT molecular complexity index is 664. The molecule has 4 nitrogen and oxygen atoms in total. The Labute approximate surface area is 130 Å². The summed E-state index contributed by atoms with van der Waals surface area (Å²) in [6.45, 7) is 1.29. The molecule has 0 saturated heterocycles. The molecule has 0 saturated carbocycles. The molecule has 0 amide bonds. The Hall–Kier alpha value is -2.75. The monoisotopic (exact) mass is 294 g/mol. The van der Waals surface area contributed by atoms with Gasteiger partial charge in [0.1, 0.15) is 11.5 Å². The van der Waals surface area contributed by atoms with Gasteiger partial charge in [-0.25, -0.2) is 4.98 Å². The van der Waals surface area contributed by atoms with Crippen LogP contribution in [0.4, 0.5) is 0 Å². The molecule has 112 valence electrons. The van der Waals surface area contributed by atoms with Crippen molar-refractivity contribution in [2.75, 3.05) is 13.2 Å². The van der Waals surface area contributed by atoms with Gasteiger partial charge in [0.05, 0.1) is 19.5 Å². The van der Waals surface area contributed by atoms with Gasteiger partial charge in [-0.15, -0.1) is 0 Å². The van der Waals surface area contributed by atoms with E-state index in [-0.39, 0.29) is 0 Å². The third-order valence-corrected chi connectivity index (χ3v) is 3.21. The first kappa shape index (κ1) is 14.2. The number of para-hydroxylation sites is 1. The van der Waals surface area contributed by atoms with Gasteiger partial charge in [0.2, 0.25) is 0 Å². The van der Waals surface area contributed by atoms with E-state index in [1.807, 2.05) is 65.4 Å². The van der Waals surface area contributed by atoms with Gasteiger partial charge in [0.25, 0.3) is 0 Å². The van der Waals surface area contributed by atoms with Gasteiger partial charge in [-0.2, -0.15) is 0 Å². The van der Waals surface area contributed by atoms with E-state index in [0.29, 0.717) is 13.2 Å². The lowest BCUT2D eigenvalue weighted by atomic mass is 10.3. The van der Waals surface area contributed by atoms with Crippen LogP contribution in [0.3, 0.4) is 0 Å². The number of ether oxygens (including phenoxy) is 2. The fraction of sp³-hybridized carbons (Fsp3) is 0.167. The second-order valence-corrected chi connectivity index (χ2v) is 4.83. The molecule has 0 aliphatic rings. The van der Waals surface area contributed by atoms with Gasteiger partial charge in [-0.05, 0) is 36.4 Å². The van der Waals surface area contributed by atoms with Crippen LogP contribution in [-0.2, 0) is 0 Å². The molecule has 22 heavy (non-hydrogen) atoms. The summed E-state index contributed by atoms with van der Waals surface area (Å²) in [5.74, 6) is 1.76. The van der Waals surface area contributed by atoms with Crippen LogP contribution in [-0.4, -0.2) is 22.8 Å². The zero-order valence-electron chi connectivity index (χ0n) is 12.3. The minimum absolute atomic E-state index is 0.636. The highest BCUT2D eigenvalue weighted by Gasteiger charge is 1.98. The van der Waals surface area contributed by atoms with E-state index in [2.05, 4.69) is 4.98 Å². The average Bonchev–Trinajstić information content (AvgIpc) is 3.11. The van der Waals surface area contributed by atoms with Gasteiger partial charge in [-0.3, -0.25) is 0 Å². The van der Waals surface area contributed by atoms with E-state index in [0.717, 1.165) is 23.6 Å². The van der Waals surface area contributed by atoms with E-state index in [4.69, 9.17) is 9.47 Å². The quantitative estimate of drug-likeness (QED) is 0.623. The minimum atomic E-state index is 0.636. The van der Waals surface area contributed by atoms with Crippen molar-refractivity contribution >= 4 is 0 Å². The maximum atomic E-state index is 5.71. The maximum Gasteiger partial charge on any atom is 0.119 e. The Kier molecular flexibility index (Phi) is 4.72. The fourth-order valence-corrected chi connectivity index (χ4v) is 2.08. The molecular formula is C18H18N2O2. The number of aromatic nitrogens is 2. The molecule has 1 aromatic heterocycles. The second-order valence-electron chi connectivity index (χ2n) is 4.83. The van der Waals surface area contributed by atoms with Crippen LogP contribution < -0.4 is 9.47 Å². The summed E-state index contributed by atoms with van der Waals surface area (Å²) < 4.78 is 13.3. The summed E-state index contributed by atoms with van der Waals surface area (Å²) in [5.41, 5.74) is 1.07. The fourth-order valence-electron chi connectivity index (χ4n) is 2.08. The van der Waals surface area contributed by atoms with Crippen LogP contribution in [0.15, 0.2) is 73.3 Å². The smallest absolute Gasteiger partial charge is 0.119 e. The molecule has 0 spiro atoms. The molecule has 0 fully saturated rings. The molecule has 2 aromatic carbocycles. The molecule has 0 atom stereocenters. The van der Waals surface area contributed by atoms with Crippen LogP contribution in [0.1, 0.15) is 6.42 Å². The van der Waals surface area contributed by atoms with E-state index < -0.39 is 0 Å². The highest BCUT2D eigenvalue weighted by molar-refractivity contribution is 5.37. The molecule has 3 rings (SSSR count). The van der Waals surface area contributed by atoms with Crippen molar-refractivity contribution in [3.63, 3.8) is 0 Å². The lowest BCUT2D eigenvalue weighted by Gasteiger charge is -2.09. The predicted octanol–water partition coefficient (Wildman–Crippen LogP) is 3.72. The lowest BCUT2D eigenvalue weighted by Crippen LogP contribution is -2.05. The second kappa shape index (κ2) is 7.31. The van der Waals surface area contributed by atoms with Crippen LogP contribution in [0.5, 0.6) is 11.5 Å². The molecule has 0 radical (unpaired) electrons. The Balaban J connectivity index is 1.40. The van der Waals surface area contributed by atoms with Gasteiger partial charge >= 0.3 is 0 Å². The van der Waals surface area contributed by atoms with Gasteiger partial charge < -0.3 is 14.0 Å². The summed E-state index contributed by atoms with van der Waals surface area (Å²) in [7, 11) is 0. The molecule has 0 aliphatic carbocycles. The number of nitrogens with zero attached hydrogens (tertiary/aromatic N) is 2. The molecular weight excluding hydrogens is 276 g/mol. The summed E-state index contributed by atoms with van der Waals surface area (Å²) in [5, 5.41) is 0. The molecule has 0 aliphatic heterocycles. The highest BCUT2D eigenvalue weighted by atomic mass is 16.5. The predicted molar refractivity (Wildman–Crippen MR) is 85.6 cm³/mol. The molecule has 1 heterocycles. The van der Waals surface area contributed by atoms with E-state index >= 15 is 0 Å². The van der Waals surface area contributed by atoms with Crippen LogP contribution >= 0.6 is 0 Å². The Morgan fingerprint density at radius 2 is 1.50 bits per heavy atom. The summed E-state index contributed by atoms with van der Waals surface area (Å²) in [6, 6.07) is 17.8. The molecule has 0 N–H and O–H groups in total.